The van der Waals surface area contributed by atoms with Gasteiger partial charge in [0.15, 0.2) is 0 Å². The summed E-state index contributed by atoms with van der Waals surface area (Å²) in [5.41, 5.74) is 2.07. The molecule has 1 aromatic heterocycles. The summed E-state index contributed by atoms with van der Waals surface area (Å²) in [6, 6.07) is 2.27. The largest absolute Gasteiger partial charge is 0.317 e. The summed E-state index contributed by atoms with van der Waals surface area (Å²) in [5, 5.41) is 13.0. The van der Waals surface area contributed by atoms with E-state index in [1.54, 1.807) is 11.3 Å². The molecule has 2 rings (SSSR count). The van der Waals surface area contributed by atoms with Crippen molar-refractivity contribution in [1.82, 2.24) is 0 Å². The lowest BCUT2D eigenvalue weighted by atomic mass is 9.72. The lowest BCUT2D eigenvalue weighted by molar-refractivity contribution is -0.115. The molecule has 1 aliphatic rings. The van der Waals surface area contributed by atoms with E-state index < -0.39 is 0 Å². The van der Waals surface area contributed by atoms with E-state index in [0.717, 1.165) is 24.8 Å². The van der Waals surface area contributed by atoms with Gasteiger partial charge in [-0.1, -0.05) is 20.8 Å². The minimum Gasteiger partial charge on any atom is -0.317 e. The number of hydrogen-bond donors (Lipinski definition) is 1. The van der Waals surface area contributed by atoms with Crippen LogP contribution in [0.5, 0.6) is 0 Å². The highest BCUT2D eigenvalue weighted by molar-refractivity contribution is 7.16. The molecule has 1 aromatic rings. The fourth-order valence-electron chi connectivity index (χ4n) is 2.81. The van der Waals surface area contributed by atoms with Crippen LogP contribution in [0.25, 0.3) is 0 Å². The van der Waals surface area contributed by atoms with E-state index in [4.69, 9.17) is 11.6 Å². The Morgan fingerprint density at radius 3 is 2.81 bits per heavy atom. The smallest absolute Gasteiger partial charge is 0.226 e. The average molecular weight is 325 g/mol. The first-order valence-corrected chi connectivity index (χ1v) is 8.62. The predicted molar refractivity (Wildman–Crippen MR) is 88.0 cm³/mol. The standard InChI is InChI=1S/C16H21ClN2OS/c1-16(2,3)10-4-5-11-12(9-18)15(21-13(11)8-10)19-14(20)6-7-17/h10H,4-8H2,1-3H3,(H,19,20)/t10-/m1/s1. The van der Waals surface area contributed by atoms with Crippen LogP contribution in [0.2, 0.25) is 0 Å². The van der Waals surface area contributed by atoms with Crippen LogP contribution < -0.4 is 5.32 Å². The fourth-order valence-corrected chi connectivity index (χ4v) is 4.27. The zero-order valence-electron chi connectivity index (χ0n) is 12.8. The second-order valence-corrected chi connectivity index (χ2v) is 8.10. The number of amides is 1. The van der Waals surface area contributed by atoms with Gasteiger partial charge in [0.25, 0.3) is 0 Å². The van der Waals surface area contributed by atoms with Crippen molar-refractivity contribution in [3.05, 3.63) is 16.0 Å². The van der Waals surface area contributed by atoms with Crippen molar-refractivity contribution in [2.75, 3.05) is 11.2 Å². The van der Waals surface area contributed by atoms with Crippen molar-refractivity contribution < 1.29 is 4.79 Å². The number of nitrogens with one attached hydrogen (secondary N) is 1. The van der Waals surface area contributed by atoms with Crippen LogP contribution in [0.1, 0.15) is 49.6 Å². The number of carbonyl (C=O) groups is 1. The maximum Gasteiger partial charge on any atom is 0.226 e. The molecule has 0 bridgehead atoms. The highest BCUT2D eigenvalue weighted by Crippen LogP contribution is 2.43. The van der Waals surface area contributed by atoms with Crippen molar-refractivity contribution in [1.29, 1.82) is 5.26 Å². The summed E-state index contributed by atoms with van der Waals surface area (Å²) in [7, 11) is 0. The molecule has 0 radical (unpaired) electrons. The molecule has 3 nitrogen and oxygen atoms in total. The average Bonchev–Trinajstić information content (AvgIpc) is 2.73. The van der Waals surface area contributed by atoms with Gasteiger partial charge in [-0.05, 0) is 36.2 Å². The summed E-state index contributed by atoms with van der Waals surface area (Å²) in [6.45, 7) is 6.81. The number of nitrogens with zero attached hydrogens (tertiary/aromatic N) is 1. The van der Waals surface area contributed by atoms with Gasteiger partial charge in [-0.3, -0.25) is 4.79 Å². The third-order valence-electron chi connectivity index (χ3n) is 4.18. The highest BCUT2D eigenvalue weighted by Gasteiger charge is 2.32. The van der Waals surface area contributed by atoms with Crippen LogP contribution in [-0.4, -0.2) is 11.8 Å². The van der Waals surface area contributed by atoms with Gasteiger partial charge in [0.05, 0.1) is 5.56 Å². The molecule has 1 aliphatic carbocycles. The van der Waals surface area contributed by atoms with E-state index in [2.05, 4.69) is 32.2 Å². The lowest BCUT2D eigenvalue weighted by Gasteiger charge is -2.33. The van der Waals surface area contributed by atoms with E-state index in [1.165, 1.54) is 4.88 Å². The molecule has 1 atom stereocenters. The Bertz CT molecular complexity index is 580. The number of hydrogen-bond acceptors (Lipinski definition) is 3. The molecular formula is C16H21ClN2OS. The van der Waals surface area contributed by atoms with E-state index >= 15 is 0 Å². The van der Waals surface area contributed by atoms with Crippen LogP contribution in [0.3, 0.4) is 0 Å². The molecule has 0 spiro atoms. The van der Waals surface area contributed by atoms with Gasteiger partial charge >= 0.3 is 0 Å². The molecule has 0 aliphatic heterocycles. The van der Waals surface area contributed by atoms with Gasteiger partial charge in [0.2, 0.25) is 5.91 Å². The Balaban J connectivity index is 2.26. The maximum atomic E-state index is 11.7. The predicted octanol–water partition coefficient (Wildman–Crippen LogP) is 4.34. The number of alkyl halides is 1. The minimum atomic E-state index is -0.118. The Kier molecular flexibility index (Phi) is 4.95. The number of nitriles is 1. The van der Waals surface area contributed by atoms with E-state index in [1.807, 2.05) is 0 Å². The van der Waals surface area contributed by atoms with Crippen molar-refractivity contribution in [3.8, 4) is 6.07 Å². The van der Waals surface area contributed by atoms with Crippen LogP contribution in [0, 0.1) is 22.7 Å². The molecule has 21 heavy (non-hydrogen) atoms. The molecule has 0 fully saturated rings. The maximum absolute atomic E-state index is 11.7. The number of carbonyl (C=O) groups excluding carboxylic acids is 1. The molecule has 114 valence electrons. The topological polar surface area (TPSA) is 52.9 Å². The van der Waals surface area contributed by atoms with Crippen molar-refractivity contribution in [2.24, 2.45) is 11.3 Å². The summed E-state index contributed by atoms with van der Waals surface area (Å²) in [6.07, 6.45) is 3.32. The molecule has 0 saturated carbocycles. The Labute approximate surface area is 135 Å². The zero-order valence-corrected chi connectivity index (χ0v) is 14.3. The lowest BCUT2D eigenvalue weighted by Crippen LogP contribution is -2.26. The second-order valence-electron chi connectivity index (χ2n) is 6.61. The Morgan fingerprint density at radius 1 is 1.52 bits per heavy atom. The Hall–Kier alpha value is -1.05. The summed E-state index contributed by atoms with van der Waals surface area (Å²) in [5.74, 6) is 0.805. The van der Waals surface area contributed by atoms with Gasteiger partial charge in [-0.2, -0.15) is 5.26 Å². The van der Waals surface area contributed by atoms with Gasteiger partial charge in [-0.15, -0.1) is 22.9 Å². The Morgan fingerprint density at radius 2 is 2.24 bits per heavy atom. The van der Waals surface area contributed by atoms with Gasteiger partial charge < -0.3 is 5.32 Å². The summed E-state index contributed by atoms with van der Waals surface area (Å²) in [4.78, 5) is 13.0. The third-order valence-corrected chi connectivity index (χ3v) is 5.54. The molecule has 0 aromatic carbocycles. The number of thiophene rings is 1. The quantitative estimate of drug-likeness (QED) is 0.841. The molecular weight excluding hydrogens is 304 g/mol. The highest BCUT2D eigenvalue weighted by atomic mass is 35.5. The van der Waals surface area contributed by atoms with Crippen molar-refractivity contribution >= 4 is 33.8 Å². The summed E-state index contributed by atoms with van der Waals surface area (Å²) >= 11 is 7.15. The SMILES string of the molecule is CC(C)(C)[C@@H]1CCc2c(sc(NC(=O)CCCl)c2C#N)C1. The molecule has 0 unspecified atom stereocenters. The summed E-state index contributed by atoms with van der Waals surface area (Å²) < 4.78 is 0. The van der Waals surface area contributed by atoms with E-state index in [-0.39, 0.29) is 17.7 Å². The first-order chi connectivity index (χ1) is 9.86. The van der Waals surface area contributed by atoms with Crippen molar-refractivity contribution in [2.45, 2.75) is 46.5 Å². The molecule has 0 saturated heterocycles. The van der Waals surface area contributed by atoms with Crippen LogP contribution >= 0.6 is 22.9 Å². The fraction of sp³-hybridized carbons (Fsp3) is 0.625. The van der Waals surface area contributed by atoms with E-state index in [9.17, 15) is 10.1 Å². The zero-order chi connectivity index (χ0) is 15.6. The van der Waals surface area contributed by atoms with Crippen LogP contribution in [0.4, 0.5) is 5.00 Å². The van der Waals surface area contributed by atoms with Crippen LogP contribution in [0.15, 0.2) is 0 Å². The third kappa shape index (κ3) is 3.59. The number of anilines is 1. The van der Waals surface area contributed by atoms with Gasteiger partial charge in [-0.25, -0.2) is 0 Å². The first kappa shape index (κ1) is 16.3. The molecule has 5 heteroatoms. The molecule has 1 N–H and O–H groups in total. The van der Waals surface area contributed by atoms with Gasteiger partial charge in [0, 0.05) is 17.2 Å². The number of halogens is 1. The van der Waals surface area contributed by atoms with Crippen LogP contribution in [-0.2, 0) is 17.6 Å². The van der Waals surface area contributed by atoms with E-state index in [0.29, 0.717) is 22.4 Å². The second kappa shape index (κ2) is 6.37. The van der Waals surface area contributed by atoms with Gasteiger partial charge in [0.1, 0.15) is 11.1 Å². The minimum absolute atomic E-state index is 0.118. The molecule has 1 heterocycles. The monoisotopic (exact) mass is 324 g/mol. The molecule has 1 amide bonds. The van der Waals surface area contributed by atoms with Crippen molar-refractivity contribution in [3.63, 3.8) is 0 Å². The number of rotatable bonds is 3. The number of fused-ring (bicyclic) bond motifs is 1. The first-order valence-electron chi connectivity index (χ1n) is 7.27. The normalized spacial score (nSPS) is 18.0.